The lowest BCUT2D eigenvalue weighted by molar-refractivity contribution is 0.199. The van der Waals surface area contributed by atoms with E-state index in [0.29, 0.717) is 0 Å². The lowest BCUT2D eigenvalue weighted by Gasteiger charge is -2.13. The van der Waals surface area contributed by atoms with Crippen LogP contribution < -0.4 is 5.73 Å². The van der Waals surface area contributed by atoms with Crippen molar-refractivity contribution in [2.24, 2.45) is 10.7 Å². The van der Waals surface area contributed by atoms with Crippen LogP contribution in [0.2, 0.25) is 0 Å². The molecule has 1 aromatic carbocycles. The molecule has 1 aliphatic rings. The van der Waals surface area contributed by atoms with Crippen LogP contribution in [0.1, 0.15) is 25.4 Å². The topological polar surface area (TPSA) is 47.6 Å². The molecule has 0 aliphatic carbocycles. The number of amidine groups is 1. The third-order valence-corrected chi connectivity index (χ3v) is 1.82. The van der Waals surface area contributed by atoms with Crippen LogP contribution in [0.15, 0.2) is 35.2 Å². The van der Waals surface area contributed by atoms with Crippen molar-refractivity contribution in [1.29, 1.82) is 0 Å². The van der Waals surface area contributed by atoms with E-state index < -0.39 is 12.1 Å². The Kier molecular flexibility index (Phi) is 0.982. The fourth-order valence-electron chi connectivity index (χ4n) is 1.23. The van der Waals surface area contributed by atoms with Gasteiger partial charge in [-0.05, 0) is 12.5 Å². The summed E-state index contributed by atoms with van der Waals surface area (Å²) in [5.41, 5.74) is 5.53. The Hall–Kier alpha value is -1.51. The molecule has 0 saturated heterocycles. The van der Waals surface area contributed by atoms with Gasteiger partial charge < -0.3 is 10.5 Å². The Balaban J connectivity index is 2.59. The molecule has 3 nitrogen and oxygen atoms in total. The number of hydrogen-bond acceptors (Lipinski definition) is 3. The predicted octanol–water partition coefficient (Wildman–Crippen LogP) is 1.46. The van der Waals surface area contributed by atoms with Crippen LogP contribution in [0, 0.1) is 0 Å². The second kappa shape index (κ2) is 3.09. The summed E-state index contributed by atoms with van der Waals surface area (Å²) >= 11 is 0. The van der Waals surface area contributed by atoms with Crippen LogP contribution in [0.25, 0.3) is 0 Å². The first-order valence-corrected chi connectivity index (χ1v) is 3.91. The number of ether oxygens (including phenoxy) is 1. The molecule has 2 N–H and O–H groups in total. The third-order valence-electron chi connectivity index (χ3n) is 1.82. The first-order valence-electron chi connectivity index (χ1n) is 6.41. The Morgan fingerprint density at radius 2 is 2.15 bits per heavy atom. The molecule has 0 radical (unpaired) electrons. The van der Waals surface area contributed by atoms with Crippen LogP contribution in [-0.4, -0.2) is 12.1 Å². The average Bonchev–Trinajstić information content (AvgIpc) is 2.64. The molecule has 0 saturated carbocycles. The zero-order valence-corrected chi connectivity index (χ0v) is 7.09. The van der Waals surface area contributed by atoms with Crippen molar-refractivity contribution in [3.8, 4) is 0 Å². The predicted molar refractivity (Wildman–Crippen MR) is 51.4 cm³/mol. The van der Waals surface area contributed by atoms with Gasteiger partial charge in [-0.1, -0.05) is 30.2 Å². The summed E-state index contributed by atoms with van der Waals surface area (Å²) in [5.74, 6) is 0. The molecule has 1 aromatic rings. The molecule has 2 rings (SSSR count). The number of nitrogens with zero attached hydrogens (tertiary/aromatic N) is 1. The van der Waals surface area contributed by atoms with E-state index in [4.69, 9.17) is 17.3 Å². The highest BCUT2D eigenvalue weighted by Gasteiger charge is 2.26. The normalized spacial score (nSPS) is 32.1. The molecule has 0 fully saturated rings. The highest BCUT2D eigenvalue weighted by Crippen LogP contribution is 2.27. The average molecular weight is 181 g/mol. The summed E-state index contributed by atoms with van der Waals surface area (Å²) in [6.45, 7) is 1.71. The quantitative estimate of drug-likeness (QED) is 0.713. The number of nitrogens with two attached hydrogens (primary N) is 1. The molecule has 68 valence electrons. The molecule has 0 spiro atoms. The number of benzene rings is 1. The molecular weight excluding hydrogens is 164 g/mol. The summed E-state index contributed by atoms with van der Waals surface area (Å²) in [4.78, 5) is 3.95. The highest BCUT2D eigenvalue weighted by molar-refractivity contribution is 5.73. The Bertz CT molecular complexity index is 517. The van der Waals surface area contributed by atoms with Gasteiger partial charge in [-0.2, -0.15) is 0 Å². The zero-order valence-electron chi connectivity index (χ0n) is 12.1. The van der Waals surface area contributed by atoms with E-state index in [0.717, 1.165) is 0 Å². The van der Waals surface area contributed by atoms with Gasteiger partial charge in [0.05, 0.1) is 12.9 Å². The van der Waals surface area contributed by atoms with Crippen molar-refractivity contribution >= 4 is 6.02 Å². The minimum Gasteiger partial charge on any atom is -0.455 e. The summed E-state index contributed by atoms with van der Waals surface area (Å²) in [6, 6.07) is -2.15. The Morgan fingerprint density at radius 1 is 1.46 bits per heavy atom. The summed E-state index contributed by atoms with van der Waals surface area (Å²) in [5, 5.41) is 0. The largest absolute Gasteiger partial charge is 0.455 e. The standard InChI is InChI=1S/C10H12N2O/c1-7-9(13-10(11)12-7)8-5-3-2-4-6-8/h2-7,9H,1H3,(H2,11,12)/i2D,3D,4D,5D,6D. The first kappa shape index (κ1) is 4.13. The van der Waals surface area contributed by atoms with E-state index in [1.165, 1.54) is 0 Å². The van der Waals surface area contributed by atoms with E-state index >= 15 is 0 Å². The van der Waals surface area contributed by atoms with Crippen molar-refractivity contribution < 1.29 is 11.6 Å². The summed E-state index contributed by atoms with van der Waals surface area (Å²) in [7, 11) is 0. The molecule has 0 aromatic heterocycles. The van der Waals surface area contributed by atoms with Crippen LogP contribution in [0.4, 0.5) is 0 Å². The van der Waals surface area contributed by atoms with Gasteiger partial charge in [0.15, 0.2) is 0 Å². The second-order valence-corrected chi connectivity index (χ2v) is 2.79. The molecule has 2 unspecified atom stereocenters. The highest BCUT2D eigenvalue weighted by atomic mass is 16.5. The molecular formula is C10H12N2O. The molecule has 2 atom stereocenters. The Labute approximate surface area is 84.3 Å². The minimum atomic E-state index is -0.737. The van der Waals surface area contributed by atoms with Crippen molar-refractivity contribution in [2.45, 2.75) is 19.1 Å². The Morgan fingerprint density at radius 3 is 2.69 bits per heavy atom. The lowest BCUT2D eigenvalue weighted by atomic mass is 10.0. The van der Waals surface area contributed by atoms with Crippen LogP contribution in [-0.2, 0) is 4.74 Å². The monoisotopic (exact) mass is 181 g/mol. The third kappa shape index (κ3) is 1.49. The molecule has 0 amide bonds. The van der Waals surface area contributed by atoms with Crippen LogP contribution >= 0.6 is 0 Å². The van der Waals surface area contributed by atoms with Crippen molar-refractivity contribution in [2.75, 3.05) is 0 Å². The van der Waals surface area contributed by atoms with E-state index in [1.54, 1.807) is 6.92 Å². The van der Waals surface area contributed by atoms with Crippen LogP contribution in [0.5, 0.6) is 0 Å². The van der Waals surface area contributed by atoms with Gasteiger partial charge in [0.1, 0.15) is 6.10 Å². The SMILES string of the molecule is [2H]c1c([2H])c([2H])c(C2OC(N)=NC2C)c([2H])c1[2H]. The van der Waals surface area contributed by atoms with Gasteiger partial charge in [0.2, 0.25) is 0 Å². The first-order chi connectivity index (χ1) is 8.34. The van der Waals surface area contributed by atoms with Crippen LogP contribution in [0.3, 0.4) is 0 Å². The van der Waals surface area contributed by atoms with Crippen molar-refractivity contribution in [3.63, 3.8) is 0 Å². The fourth-order valence-corrected chi connectivity index (χ4v) is 1.23. The number of aliphatic imine (C=N–C) groups is 1. The van der Waals surface area contributed by atoms with Gasteiger partial charge >= 0.3 is 0 Å². The van der Waals surface area contributed by atoms with E-state index in [-0.39, 0.29) is 41.8 Å². The van der Waals surface area contributed by atoms with Gasteiger partial charge in [-0.3, -0.25) is 0 Å². The van der Waals surface area contributed by atoms with Gasteiger partial charge in [0.25, 0.3) is 6.02 Å². The molecule has 1 aliphatic heterocycles. The number of hydrogen-bond donors (Lipinski definition) is 1. The molecule has 1 heterocycles. The summed E-state index contributed by atoms with van der Waals surface area (Å²) in [6.07, 6.45) is -0.737. The van der Waals surface area contributed by atoms with E-state index in [1.807, 2.05) is 0 Å². The van der Waals surface area contributed by atoms with Gasteiger partial charge in [0, 0.05) is 0 Å². The lowest BCUT2D eigenvalue weighted by Crippen LogP contribution is -2.14. The van der Waals surface area contributed by atoms with E-state index in [9.17, 15) is 0 Å². The molecule has 0 bridgehead atoms. The molecule has 3 heteroatoms. The number of rotatable bonds is 1. The maximum atomic E-state index is 7.81. The summed E-state index contributed by atoms with van der Waals surface area (Å²) < 4.78 is 43.5. The maximum absolute atomic E-state index is 7.81. The smallest absolute Gasteiger partial charge is 0.283 e. The van der Waals surface area contributed by atoms with Crippen molar-refractivity contribution in [1.82, 2.24) is 0 Å². The minimum absolute atomic E-state index is 0.0284. The van der Waals surface area contributed by atoms with Gasteiger partial charge in [-0.15, -0.1) is 0 Å². The maximum Gasteiger partial charge on any atom is 0.283 e. The van der Waals surface area contributed by atoms with Gasteiger partial charge in [-0.25, -0.2) is 4.99 Å². The second-order valence-electron chi connectivity index (χ2n) is 2.79. The fraction of sp³-hybridized carbons (Fsp3) is 0.300. The van der Waals surface area contributed by atoms with E-state index in [2.05, 4.69) is 4.99 Å². The molecule has 13 heavy (non-hydrogen) atoms. The zero-order chi connectivity index (χ0) is 13.6. The van der Waals surface area contributed by atoms with Crippen molar-refractivity contribution in [3.05, 3.63) is 35.8 Å².